The van der Waals surface area contributed by atoms with Gasteiger partial charge < -0.3 is 54.0 Å². The molecule has 300 valence electrons. The summed E-state index contributed by atoms with van der Waals surface area (Å²) >= 11 is 0. The van der Waals surface area contributed by atoms with E-state index in [2.05, 4.69) is 40.2 Å². The van der Waals surface area contributed by atoms with E-state index in [0.717, 1.165) is 11.1 Å². The Morgan fingerprint density at radius 2 is 1.00 bits per heavy atom. The van der Waals surface area contributed by atoms with Crippen LogP contribution in [-0.2, 0) is 38.0 Å². The fourth-order valence-corrected chi connectivity index (χ4v) is 5.36. The van der Waals surface area contributed by atoms with Gasteiger partial charge in [-0.05, 0) is 63.8 Å². The lowest BCUT2D eigenvalue weighted by atomic mass is 9.98. The van der Waals surface area contributed by atoms with E-state index in [-0.39, 0.29) is 64.4 Å². The third kappa shape index (κ3) is 17.1. The second kappa shape index (κ2) is 22.7. The molecule has 3 N–H and O–H groups in total. The van der Waals surface area contributed by atoms with Crippen LogP contribution in [0, 0.1) is 0 Å². The third-order valence-corrected chi connectivity index (χ3v) is 7.65. The molecule has 0 fully saturated rings. The number of amides is 4. The first-order chi connectivity index (χ1) is 25.7. The fraction of sp³-hybridized carbons (Fsp3) is 0.590. The molecule has 15 nitrogen and oxygen atoms in total. The van der Waals surface area contributed by atoms with Gasteiger partial charge in [0.25, 0.3) is 0 Å². The molecule has 0 unspecified atom stereocenters. The monoisotopic (exact) mass is 758 g/mol. The molecule has 0 saturated carbocycles. The molecule has 3 rings (SSSR count). The topological polar surface area (TPSA) is 172 Å². The molecule has 0 aromatic heterocycles. The summed E-state index contributed by atoms with van der Waals surface area (Å²) in [7, 11) is 0. The van der Waals surface area contributed by atoms with Crippen LogP contribution in [0.5, 0.6) is 0 Å². The maximum atomic E-state index is 12.9. The highest BCUT2D eigenvalue weighted by Crippen LogP contribution is 2.44. The molecule has 1 aliphatic carbocycles. The maximum absolute atomic E-state index is 12.9. The summed E-state index contributed by atoms with van der Waals surface area (Å²) in [5.41, 5.74) is 3.39. The first-order valence-corrected chi connectivity index (χ1v) is 18.3. The van der Waals surface area contributed by atoms with Crippen LogP contribution in [0.3, 0.4) is 0 Å². The van der Waals surface area contributed by atoms with Gasteiger partial charge in [0.15, 0.2) is 0 Å². The highest BCUT2D eigenvalue weighted by atomic mass is 16.6. The van der Waals surface area contributed by atoms with Crippen LogP contribution in [0.15, 0.2) is 48.5 Å². The Morgan fingerprint density at radius 1 is 0.574 bits per heavy atom. The number of benzene rings is 2. The minimum absolute atomic E-state index is 0.00768. The van der Waals surface area contributed by atoms with Crippen LogP contribution in [0.4, 0.5) is 14.4 Å². The normalized spacial score (nSPS) is 12.3. The van der Waals surface area contributed by atoms with Crippen LogP contribution in [0.2, 0.25) is 0 Å². The number of carbonyl (C=O) groups is 4. The molecule has 15 heteroatoms. The zero-order valence-electron chi connectivity index (χ0n) is 32.5. The van der Waals surface area contributed by atoms with Gasteiger partial charge in [-0.3, -0.25) is 4.79 Å². The highest BCUT2D eigenvalue weighted by Gasteiger charge is 2.29. The predicted molar refractivity (Wildman–Crippen MR) is 201 cm³/mol. The summed E-state index contributed by atoms with van der Waals surface area (Å²) in [6.45, 7) is 13.8. The van der Waals surface area contributed by atoms with Crippen molar-refractivity contribution in [3.05, 3.63) is 59.7 Å². The van der Waals surface area contributed by atoms with Crippen LogP contribution in [0.1, 0.15) is 58.6 Å². The Bertz CT molecular complexity index is 1400. The first-order valence-electron chi connectivity index (χ1n) is 18.3. The Hall–Kier alpha value is -4.44. The number of ether oxygens (including phenoxy) is 7. The number of carbonyl (C=O) groups excluding carboxylic acids is 4. The van der Waals surface area contributed by atoms with Crippen molar-refractivity contribution in [2.24, 2.45) is 0 Å². The number of hydrogen-bond donors (Lipinski definition) is 3. The lowest BCUT2D eigenvalue weighted by Gasteiger charge is -2.25. The van der Waals surface area contributed by atoms with Crippen molar-refractivity contribution in [1.29, 1.82) is 0 Å². The quantitative estimate of drug-likeness (QED) is 0.114. The van der Waals surface area contributed by atoms with Crippen LogP contribution < -0.4 is 16.0 Å². The van der Waals surface area contributed by atoms with Crippen molar-refractivity contribution in [2.45, 2.75) is 58.7 Å². The smallest absolute Gasteiger partial charge is 0.407 e. The van der Waals surface area contributed by atoms with Gasteiger partial charge in [0.2, 0.25) is 5.91 Å². The van der Waals surface area contributed by atoms with E-state index >= 15 is 0 Å². The van der Waals surface area contributed by atoms with Crippen molar-refractivity contribution in [3.8, 4) is 11.1 Å². The van der Waals surface area contributed by atoms with Gasteiger partial charge in [0.1, 0.15) is 24.4 Å². The van der Waals surface area contributed by atoms with Gasteiger partial charge >= 0.3 is 18.3 Å². The number of rotatable bonds is 22. The number of fused-ring (bicyclic) bond motifs is 3. The average Bonchev–Trinajstić information content (AvgIpc) is 3.42. The van der Waals surface area contributed by atoms with E-state index in [9.17, 15) is 19.2 Å². The summed E-state index contributed by atoms with van der Waals surface area (Å²) in [5.74, 6) is -0.308. The molecule has 54 heavy (non-hydrogen) atoms. The van der Waals surface area contributed by atoms with E-state index in [0.29, 0.717) is 39.6 Å². The van der Waals surface area contributed by atoms with Gasteiger partial charge in [0, 0.05) is 38.6 Å². The summed E-state index contributed by atoms with van der Waals surface area (Å²) in [5, 5.41) is 7.97. The van der Waals surface area contributed by atoms with Gasteiger partial charge in [-0.1, -0.05) is 48.5 Å². The molecule has 0 atom stereocenters. The summed E-state index contributed by atoms with van der Waals surface area (Å²) in [4.78, 5) is 50.6. The number of nitrogens with one attached hydrogen (secondary N) is 3. The Labute approximate surface area is 318 Å². The standard InChI is InChI=1S/C39H58N4O11/c1-38(2,3)53-36(46)40-15-18-43(19-16-41-37(47)54-39(4,5)6)34(44)28-51-26-25-50-24-23-49-22-21-48-20-17-42-35(45)52-27-33-31-13-9-7-11-29(31)30-12-8-10-14-32(30)33/h7-14,33H,15-28H2,1-6H3,(H,40,46)(H,41,47)(H,42,45). The SMILES string of the molecule is CC(C)(C)OC(=O)NCCN(CCNC(=O)OC(C)(C)C)C(=O)COCCOCCOCCOCCNC(=O)OCC1c2ccccc2-c2ccccc21. The molecule has 0 radical (unpaired) electrons. The number of nitrogens with zero attached hydrogens (tertiary/aromatic N) is 1. The van der Waals surface area contributed by atoms with Gasteiger partial charge in [-0.15, -0.1) is 0 Å². The summed E-state index contributed by atoms with van der Waals surface area (Å²) in [6.07, 6.45) is -1.67. The van der Waals surface area contributed by atoms with Crippen molar-refractivity contribution in [3.63, 3.8) is 0 Å². The molecule has 2 aromatic carbocycles. The molecule has 0 heterocycles. The van der Waals surface area contributed by atoms with Crippen molar-refractivity contribution in [2.75, 3.05) is 92.2 Å². The van der Waals surface area contributed by atoms with Crippen molar-refractivity contribution >= 4 is 24.2 Å². The second-order valence-corrected chi connectivity index (χ2v) is 14.4. The molecular formula is C39H58N4O11. The predicted octanol–water partition coefficient (Wildman–Crippen LogP) is 4.47. The molecule has 0 saturated heterocycles. The zero-order chi connectivity index (χ0) is 39.4. The van der Waals surface area contributed by atoms with Crippen LogP contribution >= 0.6 is 0 Å². The maximum Gasteiger partial charge on any atom is 0.407 e. The Kier molecular flexibility index (Phi) is 18.5. The summed E-state index contributed by atoms with van der Waals surface area (Å²) < 4.78 is 38.0. The van der Waals surface area contributed by atoms with Gasteiger partial charge in [0.05, 0.1) is 46.2 Å². The van der Waals surface area contributed by atoms with Crippen LogP contribution in [-0.4, -0.2) is 132 Å². The molecule has 0 spiro atoms. The fourth-order valence-electron chi connectivity index (χ4n) is 5.36. The molecule has 4 amide bonds. The molecule has 0 aliphatic heterocycles. The third-order valence-electron chi connectivity index (χ3n) is 7.65. The largest absolute Gasteiger partial charge is 0.449 e. The van der Waals surface area contributed by atoms with Crippen molar-refractivity contribution < 1.29 is 52.3 Å². The van der Waals surface area contributed by atoms with Gasteiger partial charge in [-0.25, -0.2) is 14.4 Å². The van der Waals surface area contributed by atoms with E-state index in [1.165, 1.54) is 16.0 Å². The number of alkyl carbamates (subject to hydrolysis) is 3. The highest BCUT2D eigenvalue weighted by molar-refractivity contribution is 5.79. The lowest BCUT2D eigenvalue weighted by Crippen LogP contribution is -2.45. The van der Waals surface area contributed by atoms with Gasteiger partial charge in [-0.2, -0.15) is 0 Å². The second-order valence-electron chi connectivity index (χ2n) is 14.4. The minimum atomic E-state index is -0.649. The first kappa shape index (κ1) is 44.0. The van der Waals surface area contributed by atoms with E-state index in [1.807, 2.05) is 24.3 Å². The van der Waals surface area contributed by atoms with E-state index in [1.54, 1.807) is 41.5 Å². The molecule has 0 bridgehead atoms. The molecule has 2 aromatic rings. The number of hydrogen-bond acceptors (Lipinski definition) is 11. The van der Waals surface area contributed by atoms with Crippen LogP contribution in [0.25, 0.3) is 11.1 Å². The minimum Gasteiger partial charge on any atom is -0.449 e. The molecule has 1 aliphatic rings. The zero-order valence-corrected chi connectivity index (χ0v) is 32.5. The van der Waals surface area contributed by atoms with E-state index in [4.69, 9.17) is 33.2 Å². The average molecular weight is 759 g/mol. The van der Waals surface area contributed by atoms with Crippen molar-refractivity contribution in [1.82, 2.24) is 20.9 Å². The Morgan fingerprint density at radius 3 is 1.48 bits per heavy atom. The molecular weight excluding hydrogens is 700 g/mol. The lowest BCUT2D eigenvalue weighted by molar-refractivity contribution is -0.136. The summed E-state index contributed by atoms with van der Waals surface area (Å²) in [6, 6.07) is 16.4. The Balaban J connectivity index is 1.19. The van der Waals surface area contributed by atoms with E-state index < -0.39 is 29.5 Å².